The minimum absolute atomic E-state index is 0.0876. The van der Waals surface area contributed by atoms with Crippen LogP contribution in [0.15, 0.2) is 57.6 Å². The van der Waals surface area contributed by atoms with Crippen molar-refractivity contribution >= 4 is 33.2 Å². The van der Waals surface area contributed by atoms with Gasteiger partial charge >= 0.3 is 0 Å². The van der Waals surface area contributed by atoms with Gasteiger partial charge in [-0.1, -0.05) is 42.1 Å². The Morgan fingerprint density at radius 1 is 1.11 bits per heavy atom. The molecule has 0 atom stereocenters. The number of hydrogen-bond acceptors (Lipinski definition) is 3. The maximum Gasteiger partial charge on any atom is 0.0692 e. The summed E-state index contributed by atoms with van der Waals surface area (Å²) in [6.07, 6.45) is 0. The van der Waals surface area contributed by atoms with Gasteiger partial charge in [-0.15, -0.1) is 11.3 Å². The first-order chi connectivity index (χ1) is 9.28. The predicted molar refractivity (Wildman–Crippen MR) is 83.0 cm³/mol. The second-order valence-corrected chi connectivity index (χ2v) is 6.46. The molecule has 0 aliphatic carbocycles. The molecule has 0 saturated heterocycles. The second kappa shape index (κ2) is 5.37. The molecule has 0 bridgehead atoms. The maximum absolute atomic E-state index is 9.39. The number of aliphatic hydroxyl groups is 1. The zero-order valence-corrected chi connectivity index (χ0v) is 12.2. The molecule has 19 heavy (non-hydrogen) atoms. The number of aliphatic hydroxyl groups excluding tert-OH is 1. The van der Waals surface area contributed by atoms with Gasteiger partial charge in [0.2, 0.25) is 0 Å². The van der Waals surface area contributed by atoms with Gasteiger partial charge in [0.25, 0.3) is 0 Å². The van der Waals surface area contributed by atoms with Gasteiger partial charge in [-0.2, -0.15) is 0 Å². The Morgan fingerprint density at radius 2 is 1.95 bits per heavy atom. The molecule has 3 heteroatoms. The lowest BCUT2D eigenvalue weighted by Crippen LogP contribution is -1.85. The molecule has 0 fully saturated rings. The van der Waals surface area contributed by atoms with E-state index in [1.54, 1.807) is 23.1 Å². The number of fused-ring (bicyclic) bond motifs is 1. The molecule has 1 heterocycles. The largest absolute Gasteiger partial charge is 0.392 e. The molecule has 0 aliphatic heterocycles. The third-order valence-electron chi connectivity index (χ3n) is 3.06. The van der Waals surface area contributed by atoms with Crippen molar-refractivity contribution in [3.63, 3.8) is 0 Å². The summed E-state index contributed by atoms with van der Waals surface area (Å²) in [5.41, 5.74) is 2.28. The fourth-order valence-electron chi connectivity index (χ4n) is 2.04. The van der Waals surface area contributed by atoms with Crippen LogP contribution in [0.2, 0.25) is 0 Å². The van der Waals surface area contributed by atoms with E-state index in [0.717, 1.165) is 10.5 Å². The van der Waals surface area contributed by atoms with Gasteiger partial charge in [0.15, 0.2) is 0 Å². The van der Waals surface area contributed by atoms with Crippen LogP contribution in [0.5, 0.6) is 0 Å². The van der Waals surface area contributed by atoms with Crippen molar-refractivity contribution in [2.45, 2.75) is 23.3 Å². The topological polar surface area (TPSA) is 20.2 Å². The SMILES string of the molecule is Cc1ccc2c(Sc3ccccc3CO)csc2c1. The Bertz CT molecular complexity index is 716. The van der Waals surface area contributed by atoms with Crippen LogP contribution < -0.4 is 0 Å². The first-order valence-electron chi connectivity index (χ1n) is 6.12. The molecule has 0 radical (unpaired) electrons. The van der Waals surface area contributed by atoms with Crippen molar-refractivity contribution in [1.29, 1.82) is 0 Å². The van der Waals surface area contributed by atoms with Crippen LogP contribution >= 0.6 is 23.1 Å². The van der Waals surface area contributed by atoms with Crippen LogP contribution in [0.3, 0.4) is 0 Å². The summed E-state index contributed by atoms with van der Waals surface area (Å²) in [5.74, 6) is 0. The smallest absolute Gasteiger partial charge is 0.0692 e. The van der Waals surface area contributed by atoms with Crippen LogP contribution in [0.4, 0.5) is 0 Å². The van der Waals surface area contributed by atoms with E-state index < -0.39 is 0 Å². The molecule has 2 aromatic carbocycles. The summed E-state index contributed by atoms with van der Waals surface area (Å²) in [5, 5.41) is 12.9. The van der Waals surface area contributed by atoms with Crippen LogP contribution in [0.25, 0.3) is 10.1 Å². The molecule has 1 nitrogen and oxygen atoms in total. The molecule has 0 saturated carbocycles. The number of rotatable bonds is 3. The number of aryl methyl sites for hydroxylation is 1. The Balaban J connectivity index is 2.01. The van der Waals surface area contributed by atoms with Gasteiger partial charge in [0.05, 0.1) is 6.61 Å². The Kier molecular flexibility index (Phi) is 3.60. The molecule has 3 rings (SSSR count). The molecule has 0 amide bonds. The predicted octanol–water partition coefficient (Wildman–Crippen LogP) is 4.85. The van der Waals surface area contributed by atoms with E-state index in [9.17, 15) is 5.11 Å². The molecule has 1 N–H and O–H groups in total. The number of thiophene rings is 1. The molecule has 0 unspecified atom stereocenters. The van der Waals surface area contributed by atoms with E-state index in [2.05, 4.69) is 36.6 Å². The molecule has 96 valence electrons. The lowest BCUT2D eigenvalue weighted by Gasteiger charge is -2.05. The molecular weight excluding hydrogens is 272 g/mol. The average Bonchev–Trinajstić information content (AvgIpc) is 2.82. The third kappa shape index (κ3) is 2.54. The van der Waals surface area contributed by atoms with Crippen molar-refractivity contribution in [1.82, 2.24) is 0 Å². The summed E-state index contributed by atoms with van der Waals surface area (Å²) in [6.45, 7) is 2.21. The van der Waals surface area contributed by atoms with Gasteiger partial charge in [0.1, 0.15) is 0 Å². The number of benzene rings is 2. The van der Waals surface area contributed by atoms with Crippen LogP contribution in [-0.4, -0.2) is 5.11 Å². The minimum Gasteiger partial charge on any atom is -0.392 e. The molecule has 1 aromatic heterocycles. The normalized spacial score (nSPS) is 11.1. The monoisotopic (exact) mass is 286 g/mol. The second-order valence-electron chi connectivity index (χ2n) is 4.47. The van der Waals surface area contributed by atoms with Crippen molar-refractivity contribution in [2.75, 3.05) is 0 Å². The van der Waals surface area contributed by atoms with Crippen molar-refractivity contribution in [3.05, 3.63) is 59.0 Å². The van der Waals surface area contributed by atoms with E-state index in [1.807, 2.05) is 18.2 Å². The molecule has 0 aliphatic rings. The zero-order valence-electron chi connectivity index (χ0n) is 10.6. The van der Waals surface area contributed by atoms with Crippen molar-refractivity contribution in [3.8, 4) is 0 Å². The highest BCUT2D eigenvalue weighted by molar-refractivity contribution is 7.99. The lowest BCUT2D eigenvalue weighted by molar-refractivity contribution is 0.279. The van der Waals surface area contributed by atoms with E-state index >= 15 is 0 Å². The standard InChI is InChI=1S/C16H14OS2/c1-11-6-7-13-15(8-11)18-10-16(13)19-14-5-3-2-4-12(14)9-17/h2-8,10,17H,9H2,1H3. The van der Waals surface area contributed by atoms with Crippen molar-refractivity contribution in [2.24, 2.45) is 0 Å². The van der Waals surface area contributed by atoms with E-state index in [4.69, 9.17) is 0 Å². The van der Waals surface area contributed by atoms with Gasteiger partial charge in [0, 0.05) is 25.3 Å². The van der Waals surface area contributed by atoms with Gasteiger partial charge in [-0.3, -0.25) is 0 Å². The van der Waals surface area contributed by atoms with E-state index in [0.29, 0.717) is 0 Å². The Morgan fingerprint density at radius 3 is 2.79 bits per heavy atom. The molecular formula is C16H14OS2. The van der Waals surface area contributed by atoms with Gasteiger partial charge in [-0.25, -0.2) is 0 Å². The third-order valence-corrected chi connectivity index (χ3v) is 5.33. The Labute approximate surface area is 120 Å². The minimum atomic E-state index is 0.0876. The molecule has 3 aromatic rings. The average molecular weight is 286 g/mol. The van der Waals surface area contributed by atoms with Gasteiger partial charge in [-0.05, 0) is 30.2 Å². The fraction of sp³-hybridized carbons (Fsp3) is 0.125. The molecule has 0 spiro atoms. The van der Waals surface area contributed by atoms with Crippen LogP contribution in [0.1, 0.15) is 11.1 Å². The highest BCUT2D eigenvalue weighted by Gasteiger charge is 2.08. The number of hydrogen-bond donors (Lipinski definition) is 1. The van der Waals surface area contributed by atoms with Crippen LogP contribution in [0, 0.1) is 6.92 Å². The summed E-state index contributed by atoms with van der Waals surface area (Å²) in [4.78, 5) is 2.39. The summed E-state index contributed by atoms with van der Waals surface area (Å²) in [6, 6.07) is 14.6. The Hall–Kier alpha value is -1.29. The van der Waals surface area contributed by atoms with E-state index in [-0.39, 0.29) is 6.61 Å². The van der Waals surface area contributed by atoms with Gasteiger partial charge < -0.3 is 5.11 Å². The maximum atomic E-state index is 9.39. The first kappa shape index (κ1) is 12.7. The summed E-state index contributed by atoms with van der Waals surface area (Å²) in [7, 11) is 0. The van der Waals surface area contributed by atoms with E-state index in [1.165, 1.54) is 20.5 Å². The highest BCUT2D eigenvalue weighted by atomic mass is 32.2. The van der Waals surface area contributed by atoms with Crippen molar-refractivity contribution < 1.29 is 5.11 Å². The quantitative estimate of drug-likeness (QED) is 0.742. The highest BCUT2D eigenvalue weighted by Crippen LogP contribution is 2.38. The zero-order chi connectivity index (χ0) is 13.2. The lowest BCUT2D eigenvalue weighted by atomic mass is 10.2. The summed E-state index contributed by atoms with van der Waals surface area (Å²) < 4.78 is 1.32. The summed E-state index contributed by atoms with van der Waals surface area (Å²) >= 11 is 3.51. The fourth-order valence-corrected chi connectivity index (χ4v) is 4.30. The van der Waals surface area contributed by atoms with Crippen LogP contribution in [-0.2, 0) is 6.61 Å². The first-order valence-corrected chi connectivity index (χ1v) is 7.82.